The van der Waals surface area contributed by atoms with Crippen LogP contribution in [0.3, 0.4) is 0 Å². The molecule has 2 heterocycles. The molecule has 4 aromatic rings. The number of fused-ring (bicyclic) bond motifs is 2. The maximum atomic E-state index is 12.3. The van der Waals surface area contributed by atoms with E-state index in [1.807, 2.05) is 42.5 Å². The second kappa shape index (κ2) is 6.97. The molecule has 0 aliphatic carbocycles. The Labute approximate surface area is 152 Å². The van der Waals surface area contributed by atoms with Crippen molar-refractivity contribution in [3.8, 4) is 0 Å². The highest BCUT2D eigenvalue weighted by molar-refractivity contribution is 7.99. The van der Waals surface area contributed by atoms with Crippen LogP contribution >= 0.6 is 11.8 Å². The number of thioether (sulfide) groups is 1. The van der Waals surface area contributed by atoms with Crippen LogP contribution in [0.1, 0.15) is 0 Å². The summed E-state index contributed by atoms with van der Waals surface area (Å²) in [6.45, 7) is 0. The molecule has 4 rings (SSSR count). The molecule has 128 valence electrons. The molecule has 0 aliphatic rings. The third kappa shape index (κ3) is 3.29. The molecule has 0 bridgehead atoms. The number of hydrogen-bond acceptors (Lipinski definition) is 5. The van der Waals surface area contributed by atoms with E-state index in [1.54, 1.807) is 24.4 Å². The summed E-state index contributed by atoms with van der Waals surface area (Å²) in [4.78, 5) is 32.5. The number of pyridine rings is 1. The third-order valence-electron chi connectivity index (χ3n) is 3.84. The summed E-state index contributed by atoms with van der Waals surface area (Å²) in [5.41, 5.74) is 0.852. The molecule has 0 unspecified atom stereocenters. The van der Waals surface area contributed by atoms with Crippen molar-refractivity contribution in [2.24, 2.45) is 0 Å². The van der Waals surface area contributed by atoms with Crippen molar-refractivity contribution in [2.45, 2.75) is 5.16 Å². The molecule has 0 saturated heterocycles. The van der Waals surface area contributed by atoms with Crippen LogP contribution in [-0.2, 0) is 4.79 Å². The first-order chi connectivity index (χ1) is 12.7. The van der Waals surface area contributed by atoms with Gasteiger partial charge in [-0.25, -0.2) is 9.78 Å². The van der Waals surface area contributed by atoms with Crippen LogP contribution < -0.4 is 11.0 Å². The van der Waals surface area contributed by atoms with Crippen molar-refractivity contribution in [2.75, 3.05) is 11.1 Å². The Balaban J connectivity index is 1.50. The minimum absolute atomic E-state index is 0.117. The second-order valence-corrected chi connectivity index (χ2v) is 6.52. The highest BCUT2D eigenvalue weighted by Crippen LogP contribution is 2.23. The number of benzene rings is 2. The van der Waals surface area contributed by atoms with Crippen LogP contribution in [0, 0.1) is 0 Å². The predicted octanol–water partition coefficient (Wildman–Crippen LogP) is 2.97. The number of rotatable bonds is 4. The fraction of sp³-hybridized carbons (Fsp3) is 0.0526. The van der Waals surface area contributed by atoms with Gasteiger partial charge in [-0.3, -0.25) is 9.20 Å². The van der Waals surface area contributed by atoms with Gasteiger partial charge in [0.05, 0.1) is 5.75 Å². The number of anilines is 1. The first-order valence-corrected chi connectivity index (χ1v) is 8.95. The van der Waals surface area contributed by atoms with Gasteiger partial charge in [-0.1, -0.05) is 54.2 Å². The smallest absolute Gasteiger partial charge is 0.325 e. The molecular weight excluding hydrogens is 348 g/mol. The third-order valence-corrected chi connectivity index (χ3v) is 4.69. The lowest BCUT2D eigenvalue weighted by molar-refractivity contribution is -0.113. The molecule has 26 heavy (non-hydrogen) atoms. The molecule has 2 aromatic heterocycles. The van der Waals surface area contributed by atoms with Gasteiger partial charge in [0.2, 0.25) is 5.91 Å². The number of carbonyl (C=O) groups is 1. The van der Waals surface area contributed by atoms with Gasteiger partial charge in [0.15, 0.2) is 5.16 Å². The fourth-order valence-electron chi connectivity index (χ4n) is 2.66. The van der Waals surface area contributed by atoms with Gasteiger partial charge in [-0.15, -0.1) is 0 Å². The Morgan fingerprint density at radius 3 is 2.73 bits per heavy atom. The number of carbonyl (C=O) groups excluding carboxylic acids is 1. The highest BCUT2D eigenvalue weighted by Gasteiger charge is 2.09. The summed E-state index contributed by atoms with van der Waals surface area (Å²) in [6, 6.07) is 18.9. The minimum atomic E-state index is -0.410. The van der Waals surface area contributed by atoms with Crippen molar-refractivity contribution in [3.05, 3.63) is 77.3 Å². The summed E-state index contributed by atoms with van der Waals surface area (Å²) in [5, 5.41) is 5.23. The first kappa shape index (κ1) is 16.3. The lowest BCUT2D eigenvalue weighted by Gasteiger charge is -2.08. The van der Waals surface area contributed by atoms with Gasteiger partial charge in [-0.2, -0.15) is 4.98 Å². The molecule has 0 saturated carbocycles. The summed E-state index contributed by atoms with van der Waals surface area (Å²) >= 11 is 1.13. The molecular formula is C19H14N4O2S. The Hall–Kier alpha value is -3.19. The number of amides is 1. The van der Waals surface area contributed by atoms with E-state index in [9.17, 15) is 9.59 Å². The number of nitrogens with zero attached hydrogens (tertiary/aromatic N) is 3. The van der Waals surface area contributed by atoms with Crippen LogP contribution in [0.25, 0.3) is 16.4 Å². The largest absolute Gasteiger partial charge is 0.355 e. The van der Waals surface area contributed by atoms with Gasteiger partial charge in [-0.05, 0) is 23.6 Å². The molecule has 0 fully saturated rings. The van der Waals surface area contributed by atoms with Gasteiger partial charge >= 0.3 is 5.69 Å². The number of hydrogen-bond donors (Lipinski definition) is 1. The highest BCUT2D eigenvalue weighted by atomic mass is 32.2. The molecule has 1 N–H and O–H groups in total. The van der Waals surface area contributed by atoms with Gasteiger partial charge in [0.25, 0.3) is 0 Å². The molecule has 7 heteroatoms. The standard InChI is InChI=1S/C19H14N4O2S/c24-17(20-15-9-5-7-13-6-1-2-8-14(13)15)12-26-18-21-16-10-3-4-11-23(16)19(25)22-18/h1-11H,12H2,(H,20,24). The van der Waals surface area contributed by atoms with Crippen molar-refractivity contribution in [3.63, 3.8) is 0 Å². The summed E-state index contributed by atoms with van der Waals surface area (Å²) in [6.07, 6.45) is 1.61. The first-order valence-electron chi connectivity index (χ1n) is 7.96. The van der Waals surface area contributed by atoms with Crippen molar-refractivity contribution in [1.29, 1.82) is 0 Å². The summed E-state index contributed by atoms with van der Waals surface area (Å²) < 4.78 is 1.36. The fourth-order valence-corrected chi connectivity index (χ4v) is 3.29. The van der Waals surface area contributed by atoms with Gasteiger partial charge < -0.3 is 5.32 Å². The van der Waals surface area contributed by atoms with Gasteiger partial charge in [0, 0.05) is 17.3 Å². The number of nitrogens with one attached hydrogen (secondary N) is 1. The summed E-state index contributed by atoms with van der Waals surface area (Å²) in [7, 11) is 0. The zero-order chi connectivity index (χ0) is 17.9. The minimum Gasteiger partial charge on any atom is -0.325 e. The van der Waals surface area contributed by atoms with Crippen molar-refractivity contribution in [1.82, 2.24) is 14.4 Å². The lowest BCUT2D eigenvalue weighted by atomic mass is 10.1. The summed E-state index contributed by atoms with van der Waals surface area (Å²) in [5.74, 6) is -0.0608. The molecule has 6 nitrogen and oxygen atoms in total. The molecule has 0 radical (unpaired) electrons. The second-order valence-electron chi connectivity index (χ2n) is 5.58. The van der Waals surface area contributed by atoms with E-state index in [0.717, 1.165) is 28.2 Å². The molecule has 1 amide bonds. The Morgan fingerprint density at radius 1 is 1.00 bits per heavy atom. The average Bonchev–Trinajstić information content (AvgIpc) is 2.67. The normalized spacial score (nSPS) is 10.9. The van der Waals surface area contributed by atoms with Gasteiger partial charge in [0.1, 0.15) is 5.65 Å². The SMILES string of the molecule is O=C(CSc1nc(=O)n2ccccc2n1)Nc1cccc2ccccc12. The topological polar surface area (TPSA) is 76.4 Å². The van der Waals surface area contributed by atoms with E-state index >= 15 is 0 Å². The molecule has 0 spiro atoms. The van der Waals surface area contributed by atoms with E-state index in [2.05, 4.69) is 15.3 Å². The monoisotopic (exact) mass is 362 g/mol. The van der Waals surface area contributed by atoms with Crippen LogP contribution in [-0.4, -0.2) is 26.0 Å². The maximum absolute atomic E-state index is 12.3. The van der Waals surface area contributed by atoms with Crippen LogP contribution in [0.15, 0.2) is 76.8 Å². The van der Waals surface area contributed by atoms with E-state index < -0.39 is 5.69 Å². The number of aromatic nitrogens is 3. The van der Waals surface area contributed by atoms with E-state index in [0.29, 0.717) is 5.65 Å². The van der Waals surface area contributed by atoms with Crippen LogP contribution in [0.5, 0.6) is 0 Å². The predicted molar refractivity (Wildman–Crippen MR) is 103 cm³/mol. The van der Waals surface area contributed by atoms with Crippen molar-refractivity contribution < 1.29 is 4.79 Å². The van der Waals surface area contributed by atoms with Crippen LogP contribution in [0.2, 0.25) is 0 Å². The average molecular weight is 362 g/mol. The maximum Gasteiger partial charge on any atom is 0.355 e. The molecule has 0 atom stereocenters. The lowest BCUT2D eigenvalue weighted by Crippen LogP contribution is -2.20. The Kier molecular flexibility index (Phi) is 4.37. The van der Waals surface area contributed by atoms with E-state index in [-0.39, 0.29) is 16.8 Å². The molecule has 2 aromatic carbocycles. The Bertz CT molecular complexity index is 1170. The Morgan fingerprint density at radius 2 is 1.81 bits per heavy atom. The van der Waals surface area contributed by atoms with E-state index in [1.165, 1.54) is 4.40 Å². The van der Waals surface area contributed by atoms with Crippen molar-refractivity contribution >= 4 is 39.8 Å². The quantitative estimate of drug-likeness (QED) is 0.565. The van der Waals surface area contributed by atoms with Crippen LogP contribution in [0.4, 0.5) is 5.69 Å². The zero-order valence-electron chi connectivity index (χ0n) is 13.6. The van der Waals surface area contributed by atoms with E-state index in [4.69, 9.17) is 0 Å². The molecule has 0 aliphatic heterocycles. The zero-order valence-corrected chi connectivity index (χ0v) is 14.4.